The highest BCUT2D eigenvalue weighted by Crippen LogP contribution is 2.27. The third-order valence-corrected chi connectivity index (χ3v) is 3.75. The molecule has 0 bridgehead atoms. The number of rotatable bonds is 3. The molecule has 1 N–H and O–H groups in total. The Morgan fingerprint density at radius 3 is 2.89 bits per heavy atom. The third kappa shape index (κ3) is 3.32. The second kappa shape index (κ2) is 5.69. The predicted molar refractivity (Wildman–Crippen MR) is 73.0 cm³/mol. The van der Waals surface area contributed by atoms with E-state index < -0.39 is 5.60 Å². The number of hydrogen-bond acceptors (Lipinski definition) is 5. The predicted octanol–water partition coefficient (Wildman–Crippen LogP) is 1.87. The number of anilines is 1. The van der Waals surface area contributed by atoms with Crippen LogP contribution >= 0.6 is 27.5 Å². The molecule has 1 aliphatic heterocycles. The van der Waals surface area contributed by atoms with Gasteiger partial charge in [-0.2, -0.15) is 4.98 Å². The van der Waals surface area contributed by atoms with Crippen LogP contribution in [0.1, 0.15) is 12.8 Å². The summed E-state index contributed by atoms with van der Waals surface area (Å²) in [5, 5.41) is 10.6. The summed E-state index contributed by atoms with van der Waals surface area (Å²) in [5.41, 5.74) is -0.732. The first kappa shape index (κ1) is 14.0. The minimum absolute atomic E-state index is 0.194. The van der Waals surface area contributed by atoms with E-state index in [2.05, 4.69) is 25.9 Å². The minimum Gasteiger partial charge on any atom is -0.388 e. The van der Waals surface area contributed by atoms with Crippen molar-refractivity contribution in [1.29, 1.82) is 0 Å². The summed E-state index contributed by atoms with van der Waals surface area (Å²) in [6.45, 7) is 1.67. The lowest BCUT2D eigenvalue weighted by molar-refractivity contribution is -0.0573. The van der Waals surface area contributed by atoms with E-state index in [4.69, 9.17) is 16.3 Å². The molecule has 1 aliphatic rings. The maximum Gasteiger partial charge on any atom is 0.224 e. The summed E-state index contributed by atoms with van der Waals surface area (Å²) in [6.07, 6.45) is 2.87. The fourth-order valence-electron chi connectivity index (χ4n) is 2.03. The topological polar surface area (TPSA) is 58.5 Å². The van der Waals surface area contributed by atoms with Crippen LogP contribution < -0.4 is 4.90 Å². The highest BCUT2D eigenvalue weighted by Gasteiger charge is 2.31. The average molecular weight is 337 g/mol. The molecule has 1 fully saturated rings. The van der Waals surface area contributed by atoms with Gasteiger partial charge in [-0.25, -0.2) is 4.98 Å². The largest absolute Gasteiger partial charge is 0.388 e. The lowest BCUT2D eigenvalue weighted by atomic mass is 9.94. The van der Waals surface area contributed by atoms with Crippen molar-refractivity contribution >= 4 is 33.3 Å². The van der Waals surface area contributed by atoms with Crippen LogP contribution in [0, 0.1) is 0 Å². The van der Waals surface area contributed by atoms with Crippen LogP contribution in [0.2, 0.25) is 5.28 Å². The van der Waals surface area contributed by atoms with Crippen LogP contribution in [0.5, 0.6) is 0 Å². The summed E-state index contributed by atoms with van der Waals surface area (Å²) < 4.78 is 6.02. The van der Waals surface area contributed by atoms with Crippen LogP contribution in [-0.4, -0.2) is 47.5 Å². The number of ether oxygens (including phenoxy) is 1. The molecule has 0 spiro atoms. The third-order valence-electron chi connectivity index (χ3n) is 3.01. The number of aliphatic hydroxyl groups is 1. The highest BCUT2D eigenvalue weighted by atomic mass is 79.9. The Hall–Kier alpha value is -0.430. The van der Waals surface area contributed by atoms with Gasteiger partial charge in [0.15, 0.2) is 0 Å². The summed E-state index contributed by atoms with van der Waals surface area (Å²) in [7, 11) is 1.87. The molecule has 0 radical (unpaired) electrons. The summed E-state index contributed by atoms with van der Waals surface area (Å²) in [4.78, 5) is 9.92. The minimum atomic E-state index is -0.732. The van der Waals surface area contributed by atoms with Gasteiger partial charge in [0.25, 0.3) is 0 Å². The maximum atomic E-state index is 10.4. The Kier molecular flexibility index (Phi) is 4.42. The first-order chi connectivity index (χ1) is 8.50. The second-order valence-electron chi connectivity index (χ2n) is 4.50. The van der Waals surface area contributed by atoms with Crippen molar-refractivity contribution in [1.82, 2.24) is 9.97 Å². The number of halogens is 2. The Morgan fingerprint density at radius 1 is 1.56 bits per heavy atom. The zero-order chi connectivity index (χ0) is 13.2. The number of nitrogens with zero attached hydrogens (tertiary/aromatic N) is 3. The number of likely N-dealkylation sites (N-methyl/N-ethyl adjacent to an activating group) is 1. The fraction of sp³-hybridized carbons (Fsp3) is 0.636. The van der Waals surface area contributed by atoms with Gasteiger partial charge in [-0.05, 0) is 27.5 Å². The molecule has 0 unspecified atom stereocenters. The van der Waals surface area contributed by atoms with E-state index in [0.29, 0.717) is 38.4 Å². The van der Waals surface area contributed by atoms with E-state index in [1.54, 1.807) is 6.20 Å². The van der Waals surface area contributed by atoms with E-state index in [9.17, 15) is 5.11 Å². The monoisotopic (exact) mass is 335 g/mol. The molecular weight excluding hydrogens is 321 g/mol. The molecule has 1 aromatic rings. The zero-order valence-electron chi connectivity index (χ0n) is 10.1. The van der Waals surface area contributed by atoms with Gasteiger partial charge in [-0.3, -0.25) is 0 Å². The Balaban J connectivity index is 2.11. The van der Waals surface area contributed by atoms with E-state index in [-0.39, 0.29) is 5.28 Å². The molecule has 2 rings (SSSR count). The summed E-state index contributed by atoms with van der Waals surface area (Å²) in [5.74, 6) is 0.676. The van der Waals surface area contributed by atoms with Gasteiger partial charge in [0.2, 0.25) is 5.28 Å². The molecule has 18 heavy (non-hydrogen) atoms. The fourth-order valence-corrected chi connectivity index (χ4v) is 2.65. The van der Waals surface area contributed by atoms with Gasteiger partial charge in [-0.1, -0.05) is 0 Å². The van der Waals surface area contributed by atoms with E-state index in [1.807, 2.05) is 11.9 Å². The van der Waals surface area contributed by atoms with E-state index in [0.717, 1.165) is 4.47 Å². The second-order valence-corrected chi connectivity index (χ2v) is 5.70. The van der Waals surface area contributed by atoms with E-state index >= 15 is 0 Å². The van der Waals surface area contributed by atoms with E-state index in [1.165, 1.54) is 0 Å². The molecule has 5 nitrogen and oxygen atoms in total. The van der Waals surface area contributed by atoms with Crippen molar-refractivity contribution in [2.75, 3.05) is 31.7 Å². The normalized spacial score (nSPS) is 18.7. The van der Waals surface area contributed by atoms with Crippen LogP contribution in [0.3, 0.4) is 0 Å². The van der Waals surface area contributed by atoms with Gasteiger partial charge in [0, 0.05) is 45.8 Å². The van der Waals surface area contributed by atoms with Crippen molar-refractivity contribution in [3.8, 4) is 0 Å². The first-order valence-corrected chi connectivity index (χ1v) is 6.87. The lowest BCUT2D eigenvalue weighted by Gasteiger charge is -2.36. The van der Waals surface area contributed by atoms with Crippen molar-refractivity contribution in [2.45, 2.75) is 18.4 Å². The van der Waals surface area contributed by atoms with Gasteiger partial charge >= 0.3 is 0 Å². The molecule has 2 heterocycles. The molecule has 0 aromatic carbocycles. The van der Waals surface area contributed by atoms with Crippen molar-refractivity contribution in [2.24, 2.45) is 0 Å². The number of aromatic nitrogens is 2. The quantitative estimate of drug-likeness (QED) is 0.854. The lowest BCUT2D eigenvalue weighted by Crippen LogP contribution is -2.46. The summed E-state index contributed by atoms with van der Waals surface area (Å²) in [6, 6.07) is 0. The molecule has 0 amide bonds. The standard InChI is InChI=1S/C11H15BrClN3O2/c1-16(7-11(17)2-4-18-5-3-11)9-8(12)6-14-10(13)15-9/h6,17H,2-5,7H2,1H3. The summed E-state index contributed by atoms with van der Waals surface area (Å²) >= 11 is 9.17. The van der Waals surface area contributed by atoms with Crippen LogP contribution in [0.4, 0.5) is 5.82 Å². The van der Waals surface area contributed by atoms with Crippen molar-refractivity contribution in [3.63, 3.8) is 0 Å². The highest BCUT2D eigenvalue weighted by molar-refractivity contribution is 9.10. The van der Waals surface area contributed by atoms with Crippen LogP contribution in [0.15, 0.2) is 10.7 Å². The van der Waals surface area contributed by atoms with Gasteiger partial charge in [-0.15, -0.1) is 0 Å². The van der Waals surface area contributed by atoms with Gasteiger partial charge in [0.1, 0.15) is 5.82 Å². The van der Waals surface area contributed by atoms with Crippen LogP contribution in [0.25, 0.3) is 0 Å². The van der Waals surface area contributed by atoms with Gasteiger partial charge < -0.3 is 14.7 Å². The zero-order valence-corrected chi connectivity index (χ0v) is 12.4. The molecule has 0 saturated carbocycles. The average Bonchev–Trinajstić information content (AvgIpc) is 2.32. The molecule has 0 aliphatic carbocycles. The van der Waals surface area contributed by atoms with Crippen LogP contribution in [-0.2, 0) is 4.74 Å². The number of hydrogen-bond donors (Lipinski definition) is 1. The molecule has 1 saturated heterocycles. The molecule has 1 aromatic heterocycles. The Bertz CT molecular complexity index is 427. The SMILES string of the molecule is CN(CC1(O)CCOCC1)c1nc(Cl)ncc1Br. The molecule has 100 valence electrons. The first-order valence-electron chi connectivity index (χ1n) is 5.69. The molecule has 7 heteroatoms. The molecule has 0 atom stereocenters. The van der Waals surface area contributed by atoms with Crippen molar-refractivity contribution in [3.05, 3.63) is 16.0 Å². The van der Waals surface area contributed by atoms with Crippen molar-refractivity contribution < 1.29 is 9.84 Å². The Morgan fingerprint density at radius 2 is 2.22 bits per heavy atom. The molecular formula is C11H15BrClN3O2. The smallest absolute Gasteiger partial charge is 0.224 e. The Labute approximate surface area is 119 Å². The maximum absolute atomic E-state index is 10.4. The van der Waals surface area contributed by atoms with Gasteiger partial charge in [0.05, 0.1) is 10.1 Å².